The van der Waals surface area contributed by atoms with Gasteiger partial charge < -0.3 is 4.48 Å². The molecule has 4 rings (SSSR count). The summed E-state index contributed by atoms with van der Waals surface area (Å²) in [4.78, 5) is 0. The number of rotatable bonds is 16. The maximum Gasteiger partial charge on any atom is 0.108 e. The normalized spacial score (nSPS) is 12.1. The van der Waals surface area contributed by atoms with Crippen LogP contribution in [0.5, 0.6) is 0 Å². The van der Waals surface area contributed by atoms with Crippen LogP contribution in [-0.2, 0) is 0 Å². The van der Waals surface area contributed by atoms with Crippen molar-refractivity contribution in [2.24, 2.45) is 23.7 Å². The van der Waals surface area contributed by atoms with Crippen LogP contribution in [0.15, 0.2) is 121 Å². The first-order chi connectivity index (χ1) is 22.1. The van der Waals surface area contributed by atoms with Crippen LogP contribution in [0.4, 0.5) is 0 Å². The standard InChI is InChI=1S/C24H20B.C20H44N/c1-5-13-21(14-6-1)25(22-15-7-2-8-16-22,23-17-9-3-10-18-23)24-19-11-4-12-20-24;1-17(2)9-13-21(14-10-18(3)4,15-11-19(5)6)16-12-20(7)8/h1-20H;17-20H,9-16H2,1-8H3/q-1;+1. The monoisotopic (exact) mass is 618 g/mol. The van der Waals surface area contributed by atoms with Gasteiger partial charge in [-0.1, -0.05) is 177 Å². The molecular weight excluding hydrogens is 553 g/mol. The van der Waals surface area contributed by atoms with Gasteiger partial charge in [0.05, 0.1) is 26.2 Å². The third-order valence-corrected chi connectivity index (χ3v) is 9.92. The van der Waals surface area contributed by atoms with Crippen molar-refractivity contribution in [2.75, 3.05) is 26.2 Å². The van der Waals surface area contributed by atoms with Crippen molar-refractivity contribution in [3.05, 3.63) is 121 Å². The van der Waals surface area contributed by atoms with Gasteiger partial charge in [0.15, 0.2) is 0 Å². The predicted octanol–water partition coefficient (Wildman–Crippen LogP) is 9.05. The van der Waals surface area contributed by atoms with E-state index >= 15 is 0 Å². The van der Waals surface area contributed by atoms with Crippen LogP contribution < -0.4 is 21.9 Å². The highest BCUT2D eigenvalue weighted by molar-refractivity contribution is 7.19. The van der Waals surface area contributed by atoms with E-state index in [0.29, 0.717) is 0 Å². The number of hydrogen-bond acceptors (Lipinski definition) is 0. The van der Waals surface area contributed by atoms with Gasteiger partial charge in [-0.25, -0.2) is 0 Å². The predicted molar refractivity (Wildman–Crippen MR) is 208 cm³/mol. The van der Waals surface area contributed by atoms with Gasteiger partial charge in [-0.2, -0.15) is 21.9 Å². The molecular formula is C44H64BN. The molecule has 0 atom stereocenters. The lowest BCUT2D eigenvalue weighted by Gasteiger charge is -2.44. The van der Waals surface area contributed by atoms with Crippen molar-refractivity contribution in [1.82, 2.24) is 0 Å². The van der Waals surface area contributed by atoms with Crippen LogP contribution in [0.2, 0.25) is 0 Å². The summed E-state index contributed by atoms with van der Waals surface area (Å²) in [5, 5.41) is 0. The van der Waals surface area contributed by atoms with E-state index in [1.54, 1.807) is 0 Å². The average molecular weight is 618 g/mol. The summed E-state index contributed by atoms with van der Waals surface area (Å²) in [5.41, 5.74) is 5.36. The molecule has 0 amide bonds. The summed E-state index contributed by atoms with van der Waals surface area (Å²) in [6, 6.07) is 43.5. The lowest BCUT2D eigenvalue weighted by Crippen LogP contribution is -2.74. The first-order valence-electron chi connectivity index (χ1n) is 18.3. The van der Waals surface area contributed by atoms with Crippen LogP contribution in [0.3, 0.4) is 0 Å². The molecule has 0 bridgehead atoms. The Bertz CT molecular complexity index is 1110. The van der Waals surface area contributed by atoms with Crippen molar-refractivity contribution in [3.63, 3.8) is 0 Å². The van der Waals surface area contributed by atoms with Crippen LogP contribution >= 0.6 is 0 Å². The Balaban J connectivity index is 0.000000256. The van der Waals surface area contributed by atoms with Crippen molar-refractivity contribution in [2.45, 2.75) is 81.1 Å². The van der Waals surface area contributed by atoms with Gasteiger partial charge in [-0.15, -0.1) is 0 Å². The zero-order valence-corrected chi connectivity index (χ0v) is 30.5. The second-order valence-electron chi connectivity index (χ2n) is 15.5. The van der Waals surface area contributed by atoms with Crippen LogP contribution in [-0.4, -0.2) is 36.8 Å². The fourth-order valence-corrected chi connectivity index (χ4v) is 6.92. The zero-order chi connectivity index (χ0) is 33.4. The van der Waals surface area contributed by atoms with E-state index in [2.05, 4.69) is 177 Å². The molecule has 2 heteroatoms. The fourth-order valence-electron chi connectivity index (χ4n) is 6.92. The van der Waals surface area contributed by atoms with Gasteiger partial charge in [-0.05, 0) is 49.4 Å². The van der Waals surface area contributed by atoms with Gasteiger partial charge in [-0.3, -0.25) is 0 Å². The summed E-state index contributed by atoms with van der Waals surface area (Å²) in [6.07, 6.45) is 4.32. The molecule has 0 N–H and O–H groups in total. The quantitative estimate of drug-likeness (QED) is 0.0869. The topological polar surface area (TPSA) is 0 Å². The molecule has 0 aliphatic heterocycles. The minimum Gasteiger partial charge on any atom is -0.324 e. The number of nitrogens with zero attached hydrogens (tertiary/aromatic N) is 1. The molecule has 1 nitrogen and oxygen atoms in total. The molecule has 0 spiro atoms. The minimum atomic E-state index is -1.22. The Kier molecular flexibility index (Phi) is 15.4. The maximum absolute atomic E-state index is 2.38. The van der Waals surface area contributed by atoms with Gasteiger partial charge >= 0.3 is 0 Å². The second kappa shape index (κ2) is 18.9. The van der Waals surface area contributed by atoms with Gasteiger partial charge in [0.2, 0.25) is 0 Å². The Morgan fingerprint density at radius 2 is 0.543 bits per heavy atom. The number of quaternary nitrogens is 1. The van der Waals surface area contributed by atoms with E-state index in [1.165, 1.54) is 78.2 Å². The molecule has 0 radical (unpaired) electrons. The summed E-state index contributed by atoms with van der Waals surface area (Å²) >= 11 is 0. The van der Waals surface area contributed by atoms with E-state index in [1.807, 2.05) is 0 Å². The molecule has 0 unspecified atom stereocenters. The van der Waals surface area contributed by atoms with E-state index in [0.717, 1.165) is 23.7 Å². The molecule has 0 saturated heterocycles. The van der Waals surface area contributed by atoms with Crippen LogP contribution in [0, 0.1) is 23.7 Å². The van der Waals surface area contributed by atoms with Gasteiger partial charge in [0, 0.05) is 0 Å². The summed E-state index contributed by atoms with van der Waals surface area (Å²) in [5.74, 6) is 3.33. The Labute approximate surface area is 284 Å². The molecule has 4 aromatic rings. The molecule has 0 aliphatic rings. The molecule has 0 fully saturated rings. The number of benzene rings is 4. The molecule has 46 heavy (non-hydrogen) atoms. The number of hydrogen-bond donors (Lipinski definition) is 0. The Morgan fingerprint density at radius 1 is 0.348 bits per heavy atom. The third-order valence-electron chi connectivity index (χ3n) is 9.92. The minimum absolute atomic E-state index is 0.833. The van der Waals surface area contributed by atoms with E-state index in [9.17, 15) is 0 Å². The van der Waals surface area contributed by atoms with Crippen molar-refractivity contribution < 1.29 is 4.48 Å². The average Bonchev–Trinajstić information content (AvgIpc) is 3.07. The van der Waals surface area contributed by atoms with Gasteiger partial charge in [0.25, 0.3) is 0 Å². The van der Waals surface area contributed by atoms with Crippen LogP contribution in [0.1, 0.15) is 81.1 Å². The molecule has 0 heterocycles. The zero-order valence-electron chi connectivity index (χ0n) is 30.5. The van der Waals surface area contributed by atoms with E-state index in [-0.39, 0.29) is 0 Å². The molecule has 4 aromatic carbocycles. The second-order valence-corrected chi connectivity index (χ2v) is 15.5. The van der Waals surface area contributed by atoms with Crippen molar-refractivity contribution in [1.29, 1.82) is 0 Å². The van der Waals surface area contributed by atoms with E-state index in [4.69, 9.17) is 0 Å². The molecule has 0 aliphatic carbocycles. The summed E-state index contributed by atoms with van der Waals surface area (Å²) in [6.45, 7) is 24.6. The fraction of sp³-hybridized carbons (Fsp3) is 0.455. The molecule has 248 valence electrons. The van der Waals surface area contributed by atoms with E-state index < -0.39 is 6.15 Å². The molecule has 0 aromatic heterocycles. The lowest BCUT2D eigenvalue weighted by atomic mass is 9.13. The highest BCUT2D eigenvalue weighted by Crippen LogP contribution is 2.21. The molecule has 0 saturated carbocycles. The Morgan fingerprint density at radius 3 is 0.717 bits per heavy atom. The van der Waals surface area contributed by atoms with Gasteiger partial charge in [0.1, 0.15) is 6.15 Å². The smallest absolute Gasteiger partial charge is 0.108 e. The third kappa shape index (κ3) is 11.0. The highest BCUT2D eigenvalue weighted by Gasteiger charge is 2.31. The largest absolute Gasteiger partial charge is 0.324 e. The maximum atomic E-state index is 2.38. The SMILES string of the molecule is CC(C)CC[N+](CCC(C)C)(CCC(C)C)CCC(C)C.c1ccc([B-](c2ccccc2)(c2ccccc2)c2ccccc2)cc1. The summed E-state index contributed by atoms with van der Waals surface area (Å²) in [7, 11) is 0. The Hall–Kier alpha value is -3.10. The van der Waals surface area contributed by atoms with Crippen molar-refractivity contribution in [3.8, 4) is 0 Å². The van der Waals surface area contributed by atoms with Crippen molar-refractivity contribution >= 4 is 28.0 Å². The lowest BCUT2D eigenvalue weighted by molar-refractivity contribution is -0.930. The first-order valence-corrected chi connectivity index (χ1v) is 18.3. The first kappa shape index (κ1) is 37.4. The summed E-state index contributed by atoms with van der Waals surface area (Å²) < 4.78 is 1.38. The van der Waals surface area contributed by atoms with Crippen LogP contribution in [0.25, 0.3) is 0 Å². The highest BCUT2D eigenvalue weighted by atomic mass is 15.3.